The van der Waals surface area contributed by atoms with Crippen molar-refractivity contribution in [3.8, 4) is 0 Å². The molecule has 124 valence electrons. The van der Waals surface area contributed by atoms with Crippen LogP contribution < -0.4 is 0 Å². The van der Waals surface area contributed by atoms with Crippen LogP contribution in [0.4, 0.5) is 0 Å². The number of hydrogen-bond donors (Lipinski definition) is 1. The topological polar surface area (TPSA) is 66.9 Å². The van der Waals surface area contributed by atoms with Gasteiger partial charge in [-0.3, -0.25) is 15.0 Å². The maximum absolute atomic E-state index is 5.75. The van der Waals surface area contributed by atoms with E-state index < -0.39 is 0 Å². The molecule has 0 unspecified atom stereocenters. The van der Waals surface area contributed by atoms with Gasteiger partial charge in [0, 0.05) is 42.5 Å². The van der Waals surface area contributed by atoms with Crippen LogP contribution in [0.25, 0.3) is 0 Å². The smallest absolute Gasteiger partial charge is 0.118 e. The van der Waals surface area contributed by atoms with Gasteiger partial charge in [0.15, 0.2) is 0 Å². The molecule has 4 heterocycles. The van der Waals surface area contributed by atoms with Crippen LogP contribution >= 0.6 is 11.3 Å². The number of H-pyrrole nitrogens is 1. The fraction of sp³-hybridized carbons (Fsp3) is 0.353. The normalized spacial score (nSPS) is 14.2. The van der Waals surface area contributed by atoms with Gasteiger partial charge in [0.25, 0.3) is 0 Å². The van der Waals surface area contributed by atoms with E-state index >= 15 is 0 Å². The Bertz CT molecular complexity index is 814. The standard InChI is InChI=1S/C17H19N5OS/c1-12-3-2-4-13(19-12)7-22-8-14-15(9-22)20-21-16(14)10-23-11-17-18-5-6-24-17/h2-6H,7-11H2,1H3,(H,20,21). The number of rotatable bonds is 6. The highest BCUT2D eigenvalue weighted by Crippen LogP contribution is 2.25. The Morgan fingerprint density at radius 3 is 3.08 bits per heavy atom. The number of aromatic amines is 1. The number of hydrogen-bond acceptors (Lipinski definition) is 6. The minimum absolute atomic E-state index is 0.516. The summed E-state index contributed by atoms with van der Waals surface area (Å²) < 4.78 is 5.75. The van der Waals surface area contributed by atoms with Crippen LogP contribution in [0.2, 0.25) is 0 Å². The van der Waals surface area contributed by atoms with Crippen molar-refractivity contribution < 1.29 is 4.74 Å². The molecule has 0 amide bonds. The molecule has 1 N–H and O–H groups in total. The zero-order chi connectivity index (χ0) is 16.4. The van der Waals surface area contributed by atoms with Gasteiger partial charge in [-0.15, -0.1) is 11.3 Å². The van der Waals surface area contributed by atoms with E-state index in [0.29, 0.717) is 13.2 Å². The van der Waals surface area contributed by atoms with Crippen molar-refractivity contribution in [2.24, 2.45) is 0 Å². The minimum atomic E-state index is 0.516. The van der Waals surface area contributed by atoms with Gasteiger partial charge in [0.1, 0.15) is 5.01 Å². The summed E-state index contributed by atoms with van der Waals surface area (Å²) in [5.41, 5.74) is 5.62. The Labute approximate surface area is 144 Å². The maximum Gasteiger partial charge on any atom is 0.118 e. The van der Waals surface area contributed by atoms with E-state index in [9.17, 15) is 0 Å². The monoisotopic (exact) mass is 341 g/mol. The third-order valence-electron chi connectivity index (χ3n) is 4.08. The van der Waals surface area contributed by atoms with Crippen molar-refractivity contribution in [3.05, 3.63) is 63.1 Å². The SMILES string of the molecule is Cc1cccc(CN2Cc3[nH]nc(COCc4nccs4)c3C2)n1. The second kappa shape index (κ2) is 6.80. The van der Waals surface area contributed by atoms with Gasteiger partial charge in [-0.05, 0) is 19.1 Å². The number of fused-ring (bicyclic) bond motifs is 1. The first kappa shape index (κ1) is 15.4. The lowest BCUT2D eigenvalue weighted by Crippen LogP contribution is -2.17. The summed E-state index contributed by atoms with van der Waals surface area (Å²) in [6.45, 7) is 5.70. The van der Waals surface area contributed by atoms with E-state index in [0.717, 1.165) is 41.7 Å². The van der Waals surface area contributed by atoms with Crippen LogP contribution in [0.5, 0.6) is 0 Å². The second-order valence-corrected chi connectivity index (χ2v) is 6.94. The quantitative estimate of drug-likeness (QED) is 0.747. The van der Waals surface area contributed by atoms with Crippen LogP contribution in [0.1, 0.15) is 33.3 Å². The summed E-state index contributed by atoms with van der Waals surface area (Å²) >= 11 is 1.61. The third-order valence-corrected chi connectivity index (χ3v) is 4.83. The highest BCUT2D eigenvalue weighted by Gasteiger charge is 2.25. The molecule has 0 saturated carbocycles. The van der Waals surface area contributed by atoms with Crippen LogP contribution in [0, 0.1) is 6.92 Å². The lowest BCUT2D eigenvalue weighted by Gasteiger charge is -2.14. The average molecular weight is 341 g/mol. The molecular formula is C17H19N5OS. The summed E-state index contributed by atoms with van der Waals surface area (Å²) in [7, 11) is 0. The highest BCUT2D eigenvalue weighted by molar-refractivity contribution is 7.09. The summed E-state index contributed by atoms with van der Waals surface area (Å²) in [6.07, 6.45) is 1.80. The Morgan fingerprint density at radius 2 is 2.25 bits per heavy atom. The molecule has 3 aromatic rings. The molecule has 0 radical (unpaired) electrons. The first-order valence-electron chi connectivity index (χ1n) is 7.94. The van der Waals surface area contributed by atoms with E-state index in [-0.39, 0.29) is 0 Å². The molecule has 1 aliphatic rings. The minimum Gasteiger partial charge on any atom is -0.368 e. The largest absolute Gasteiger partial charge is 0.368 e. The predicted molar refractivity (Wildman–Crippen MR) is 91.1 cm³/mol. The second-order valence-electron chi connectivity index (χ2n) is 5.96. The predicted octanol–water partition coefficient (Wildman–Crippen LogP) is 2.80. The van der Waals surface area contributed by atoms with Gasteiger partial charge in [-0.2, -0.15) is 5.10 Å². The van der Waals surface area contributed by atoms with Crippen molar-refractivity contribution in [3.63, 3.8) is 0 Å². The van der Waals surface area contributed by atoms with E-state index in [2.05, 4.69) is 37.2 Å². The molecule has 0 saturated heterocycles. The van der Waals surface area contributed by atoms with E-state index in [1.165, 1.54) is 11.3 Å². The number of pyridine rings is 1. The molecule has 0 bridgehead atoms. The Hall–Kier alpha value is -2.09. The third kappa shape index (κ3) is 3.38. The van der Waals surface area contributed by atoms with Crippen LogP contribution in [-0.4, -0.2) is 25.1 Å². The summed E-state index contributed by atoms with van der Waals surface area (Å²) in [5.74, 6) is 0. The molecular weight excluding hydrogens is 322 g/mol. The molecule has 0 aliphatic carbocycles. The summed E-state index contributed by atoms with van der Waals surface area (Å²) in [6, 6.07) is 6.17. The molecule has 0 atom stereocenters. The summed E-state index contributed by atoms with van der Waals surface area (Å²) in [5, 5.41) is 10.5. The summed E-state index contributed by atoms with van der Waals surface area (Å²) in [4.78, 5) is 11.2. The number of nitrogens with one attached hydrogen (secondary N) is 1. The Morgan fingerprint density at radius 1 is 1.29 bits per heavy atom. The van der Waals surface area contributed by atoms with Crippen molar-refractivity contribution in [1.29, 1.82) is 0 Å². The van der Waals surface area contributed by atoms with Crippen LogP contribution in [-0.2, 0) is 37.6 Å². The number of aryl methyl sites for hydroxylation is 1. The molecule has 6 nitrogen and oxygen atoms in total. The van der Waals surface area contributed by atoms with Gasteiger partial charge < -0.3 is 4.74 Å². The van der Waals surface area contributed by atoms with Gasteiger partial charge in [0.05, 0.1) is 30.3 Å². The van der Waals surface area contributed by atoms with Gasteiger partial charge in [0.2, 0.25) is 0 Å². The van der Waals surface area contributed by atoms with Gasteiger partial charge >= 0.3 is 0 Å². The lowest BCUT2D eigenvalue weighted by molar-refractivity contribution is 0.103. The van der Waals surface area contributed by atoms with Crippen molar-refractivity contribution >= 4 is 11.3 Å². The number of thiazole rings is 1. The highest BCUT2D eigenvalue weighted by atomic mass is 32.1. The fourth-order valence-corrected chi connectivity index (χ4v) is 3.52. The van der Waals surface area contributed by atoms with Crippen LogP contribution in [0.15, 0.2) is 29.8 Å². The molecule has 0 spiro atoms. The lowest BCUT2D eigenvalue weighted by atomic mass is 10.2. The van der Waals surface area contributed by atoms with Gasteiger partial charge in [-0.1, -0.05) is 6.07 Å². The maximum atomic E-state index is 5.75. The first-order chi connectivity index (χ1) is 11.8. The van der Waals surface area contributed by atoms with Crippen LogP contribution in [0.3, 0.4) is 0 Å². The zero-order valence-electron chi connectivity index (χ0n) is 13.5. The zero-order valence-corrected chi connectivity index (χ0v) is 14.3. The molecule has 3 aromatic heterocycles. The fourth-order valence-electron chi connectivity index (χ4n) is 2.97. The van der Waals surface area contributed by atoms with Gasteiger partial charge in [-0.25, -0.2) is 4.98 Å². The van der Waals surface area contributed by atoms with Crippen molar-refractivity contribution in [2.75, 3.05) is 0 Å². The molecule has 4 rings (SSSR count). The Balaban J connectivity index is 1.35. The molecule has 24 heavy (non-hydrogen) atoms. The molecule has 1 aliphatic heterocycles. The average Bonchev–Trinajstić information content (AvgIpc) is 3.26. The first-order valence-corrected chi connectivity index (χ1v) is 8.82. The van der Waals surface area contributed by atoms with Crippen molar-refractivity contribution in [2.45, 2.75) is 39.8 Å². The van der Waals surface area contributed by atoms with E-state index in [1.807, 2.05) is 18.4 Å². The molecule has 7 heteroatoms. The number of aromatic nitrogens is 4. The molecule has 0 aromatic carbocycles. The van der Waals surface area contributed by atoms with E-state index in [1.54, 1.807) is 17.5 Å². The Kier molecular flexibility index (Phi) is 4.38. The molecule has 0 fully saturated rings. The number of nitrogens with zero attached hydrogens (tertiary/aromatic N) is 4. The number of ether oxygens (including phenoxy) is 1. The van der Waals surface area contributed by atoms with E-state index in [4.69, 9.17) is 4.74 Å². The van der Waals surface area contributed by atoms with Crippen molar-refractivity contribution in [1.82, 2.24) is 25.1 Å².